The van der Waals surface area contributed by atoms with Gasteiger partial charge in [-0.2, -0.15) is 0 Å². The molecule has 2 rings (SSSR count). The Kier molecular flexibility index (Phi) is 4.77. The van der Waals surface area contributed by atoms with E-state index in [0.717, 1.165) is 5.56 Å². The van der Waals surface area contributed by atoms with Crippen molar-refractivity contribution in [2.45, 2.75) is 5.88 Å². The van der Waals surface area contributed by atoms with E-state index in [9.17, 15) is 14.9 Å². The molecule has 0 heterocycles. The Morgan fingerprint density at radius 1 is 1.24 bits per heavy atom. The Morgan fingerprint density at radius 2 is 1.95 bits per heavy atom. The number of carbonyl (C=O) groups excluding carboxylic acids is 1. The van der Waals surface area contributed by atoms with Gasteiger partial charge in [-0.05, 0) is 17.7 Å². The molecule has 0 bridgehead atoms. The summed E-state index contributed by atoms with van der Waals surface area (Å²) in [6.07, 6.45) is 0. The fourth-order valence-electron chi connectivity index (χ4n) is 1.76. The summed E-state index contributed by atoms with van der Waals surface area (Å²) in [5, 5.41) is 13.6. The van der Waals surface area contributed by atoms with Gasteiger partial charge in [-0.1, -0.05) is 29.8 Å². The van der Waals surface area contributed by atoms with Crippen LogP contribution in [-0.2, 0) is 5.88 Å². The lowest BCUT2D eigenvalue weighted by Gasteiger charge is -2.09. The lowest BCUT2D eigenvalue weighted by atomic mass is 10.1. The molecule has 0 aliphatic heterocycles. The summed E-state index contributed by atoms with van der Waals surface area (Å²) in [7, 11) is 0. The molecule has 21 heavy (non-hydrogen) atoms. The minimum atomic E-state index is -0.602. The molecule has 0 unspecified atom stereocenters. The van der Waals surface area contributed by atoms with Gasteiger partial charge in [0.15, 0.2) is 0 Å². The molecule has 2 aromatic carbocycles. The number of rotatable bonds is 4. The molecule has 1 N–H and O–H groups in total. The van der Waals surface area contributed by atoms with Gasteiger partial charge in [-0.25, -0.2) is 0 Å². The maximum Gasteiger partial charge on any atom is 0.271 e. The summed E-state index contributed by atoms with van der Waals surface area (Å²) in [5.74, 6) is -0.246. The van der Waals surface area contributed by atoms with Crippen molar-refractivity contribution in [3.05, 3.63) is 68.7 Å². The first-order chi connectivity index (χ1) is 10.0. The average Bonchev–Trinajstić information content (AvgIpc) is 2.47. The van der Waals surface area contributed by atoms with Gasteiger partial charge < -0.3 is 5.32 Å². The van der Waals surface area contributed by atoms with Crippen LogP contribution < -0.4 is 5.32 Å². The van der Waals surface area contributed by atoms with Crippen molar-refractivity contribution in [3.8, 4) is 0 Å². The van der Waals surface area contributed by atoms with Gasteiger partial charge in [0.25, 0.3) is 11.6 Å². The van der Waals surface area contributed by atoms with Crippen LogP contribution in [0.25, 0.3) is 0 Å². The number of anilines is 1. The Balaban J connectivity index is 2.30. The molecule has 0 aromatic heterocycles. The van der Waals surface area contributed by atoms with Crippen LogP contribution in [-0.4, -0.2) is 10.8 Å². The third kappa shape index (κ3) is 3.71. The number of halogens is 2. The molecule has 0 fully saturated rings. The van der Waals surface area contributed by atoms with Crippen LogP contribution in [0.2, 0.25) is 5.02 Å². The van der Waals surface area contributed by atoms with E-state index in [1.54, 1.807) is 24.3 Å². The van der Waals surface area contributed by atoms with Crippen LogP contribution in [0, 0.1) is 10.1 Å². The van der Waals surface area contributed by atoms with E-state index < -0.39 is 10.8 Å². The standard InChI is InChI=1S/C14H10Cl2N2O3/c15-8-9-3-1-2-4-13(9)17-14(19)10-5-11(16)7-12(6-10)18(20)21/h1-7H,8H2,(H,17,19). The Morgan fingerprint density at radius 3 is 2.62 bits per heavy atom. The number of nitrogens with one attached hydrogen (secondary N) is 1. The van der Waals surface area contributed by atoms with Crippen LogP contribution in [0.1, 0.15) is 15.9 Å². The molecule has 2 aromatic rings. The average molecular weight is 325 g/mol. The van der Waals surface area contributed by atoms with Crippen LogP contribution in [0.4, 0.5) is 11.4 Å². The third-order valence-corrected chi connectivity index (χ3v) is 3.27. The predicted octanol–water partition coefficient (Wildman–Crippen LogP) is 4.24. The Labute approximate surface area is 130 Å². The van der Waals surface area contributed by atoms with Gasteiger partial charge in [-0.3, -0.25) is 14.9 Å². The summed E-state index contributed by atoms with van der Waals surface area (Å²) in [6.45, 7) is 0. The minimum absolute atomic E-state index is 0.110. The minimum Gasteiger partial charge on any atom is -0.322 e. The van der Waals surface area contributed by atoms with Gasteiger partial charge in [-0.15, -0.1) is 11.6 Å². The Bertz CT molecular complexity index is 704. The smallest absolute Gasteiger partial charge is 0.271 e. The summed E-state index contributed by atoms with van der Waals surface area (Å²) in [6, 6.07) is 10.8. The number of carbonyl (C=O) groups is 1. The van der Waals surface area contributed by atoms with E-state index in [1.807, 2.05) is 0 Å². The summed E-state index contributed by atoms with van der Waals surface area (Å²) in [4.78, 5) is 22.4. The molecule has 0 aliphatic rings. The van der Waals surface area contributed by atoms with Gasteiger partial charge in [0.05, 0.1) is 4.92 Å². The second-order valence-electron chi connectivity index (χ2n) is 4.20. The highest BCUT2D eigenvalue weighted by atomic mass is 35.5. The van der Waals surface area contributed by atoms with E-state index >= 15 is 0 Å². The first-order valence-electron chi connectivity index (χ1n) is 5.91. The molecule has 7 heteroatoms. The molecule has 1 amide bonds. The van der Waals surface area contributed by atoms with Crippen LogP contribution in [0.15, 0.2) is 42.5 Å². The number of hydrogen-bond acceptors (Lipinski definition) is 3. The highest BCUT2D eigenvalue weighted by molar-refractivity contribution is 6.31. The lowest BCUT2D eigenvalue weighted by molar-refractivity contribution is -0.384. The molecule has 0 spiro atoms. The van der Waals surface area contributed by atoms with Crippen molar-refractivity contribution in [2.24, 2.45) is 0 Å². The summed E-state index contributed by atoms with van der Waals surface area (Å²) >= 11 is 11.6. The molecule has 0 radical (unpaired) electrons. The van der Waals surface area contributed by atoms with Gasteiger partial charge in [0.2, 0.25) is 0 Å². The number of hydrogen-bond donors (Lipinski definition) is 1. The zero-order valence-corrected chi connectivity index (χ0v) is 12.2. The second-order valence-corrected chi connectivity index (χ2v) is 4.90. The van der Waals surface area contributed by atoms with E-state index in [0.29, 0.717) is 5.69 Å². The quantitative estimate of drug-likeness (QED) is 0.519. The molecule has 5 nitrogen and oxygen atoms in total. The predicted molar refractivity (Wildman–Crippen MR) is 82.1 cm³/mol. The van der Waals surface area contributed by atoms with Crippen molar-refractivity contribution >= 4 is 40.5 Å². The lowest BCUT2D eigenvalue weighted by Crippen LogP contribution is -2.13. The third-order valence-electron chi connectivity index (χ3n) is 2.77. The van der Waals surface area contributed by atoms with Crippen molar-refractivity contribution in [3.63, 3.8) is 0 Å². The molecule has 0 atom stereocenters. The van der Waals surface area contributed by atoms with Crippen molar-refractivity contribution in [2.75, 3.05) is 5.32 Å². The highest BCUT2D eigenvalue weighted by Gasteiger charge is 2.15. The van der Waals surface area contributed by atoms with Crippen molar-refractivity contribution in [1.29, 1.82) is 0 Å². The van der Waals surface area contributed by atoms with Crippen LogP contribution in [0.3, 0.4) is 0 Å². The number of nitro benzene ring substituents is 1. The maximum absolute atomic E-state index is 12.2. The number of amides is 1. The largest absolute Gasteiger partial charge is 0.322 e. The van der Waals surface area contributed by atoms with Gasteiger partial charge in [0, 0.05) is 34.3 Å². The van der Waals surface area contributed by atoms with Crippen molar-refractivity contribution < 1.29 is 9.72 Å². The summed E-state index contributed by atoms with van der Waals surface area (Å²) in [5.41, 5.74) is 1.18. The van der Waals surface area contributed by atoms with Gasteiger partial charge in [0.1, 0.15) is 0 Å². The maximum atomic E-state index is 12.2. The van der Waals surface area contributed by atoms with E-state index in [2.05, 4.69) is 5.32 Å². The summed E-state index contributed by atoms with van der Waals surface area (Å²) < 4.78 is 0. The van der Waals surface area contributed by atoms with Crippen molar-refractivity contribution in [1.82, 2.24) is 0 Å². The fourth-order valence-corrected chi connectivity index (χ4v) is 2.23. The molecular weight excluding hydrogens is 315 g/mol. The SMILES string of the molecule is O=C(Nc1ccccc1CCl)c1cc(Cl)cc([N+](=O)[O-])c1. The molecule has 0 saturated carbocycles. The number of nitrogens with zero attached hydrogens (tertiary/aromatic N) is 1. The van der Waals surface area contributed by atoms with E-state index in [1.165, 1.54) is 18.2 Å². The van der Waals surface area contributed by atoms with E-state index in [4.69, 9.17) is 23.2 Å². The molecule has 0 saturated heterocycles. The van der Waals surface area contributed by atoms with Crippen LogP contribution >= 0.6 is 23.2 Å². The highest BCUT2D eigenvalue weighted by Crippen LogP contribution is 2.23. The molecular formula is C14H10Cl2N2O3. The topological polar surface area (TPSA) is 72.2 Å². The zero-order chi connectivity index (χ0) is 15.4. The first-order valence-corrected chi connectivity index (χ1v) is 6.82. The monoisotopic (exact) mass is 324 g/mol. The number of alkyl halides is 1. The second kappa shape index (κ2) is 6.56. The molecule has 0 aliphatic carbocycles. The molecule has 108 valence electrons. The number of non-ortho nitro benzene ring substituents is 1. The Hall–Kier alpha value is -2.11. The number of benzene rings is 2. The zero-order valence-electron chi connectivity index (χ0n) is 10.7. The van der Waals surface area contributed by atoms with Crippen LogP contribution in [0.5, 0.6) is 0 Å². The number of nitro groups is 1. The van der Waals surface area contributed by atoms with Gasteiger partial charge >= 0.3 is 0 Å². The first kappa shape index (κ1) is 15.3. The normalized spacial score (nSPS) is 10.2. The fraction of sp³-hybridized carbons (Fsp3) is 0.0714. The van der Waals surface area contributed by atoms with E-state index in [-0.39, 0.29) is 22.2 Å². The number of para-hydroxylation sites is 1.